The van der Waals surface area contributed by atoms with E-state index in [1.807, 2.05) is 13.0 Å². The van der Waals surface area contributed by atoms with Gasteiger partial charge in [-0.15, -0.1) is 0 Å². The Morgan fingerprint density at radius 3 is 2.75 bits per heavy atom. The highest BCUT2D eigenvalue weighted by atomic mass is 19.3. The van der Waals surface area contributed by atoms with Crippen molar-refractivity contribution >= 4 is 17.7 Å². The molecule has 0 aliphatic carbocycles. The molecule has 0 unspecified atom stereocenters. The van der Waals surface area contributed by atoms with Gasteiger partial charge < -0.3 is 20.3 Å². The van der Waals surface area contributed by atoms with Crippen LogP contribution in [0.25, 0.3) is 0 Å². The van der Waals surface area contributed by atoms with E-state index in [-0.39, 0.29) is 12.3 Å². The quantitative estimate of drug-likeness (QED) is 0.785. The van der Waals surface area contributed by atoms with Gasteiger partial charge in [0, 0.05) is 30.5 Å². The van der Waals surface area contributed by atoms with E-state index in [9.17, 15) is 13.6 Å². The number of urea groups is 1. The summed E-state index contributed by atoms with van der Waals surface area (Å²) in [6.45, 7) is 1.08. The lowest BCUT2D eigenvalue weighted by atomic mass is 10.1. The lowest BCUT2D eigenvalue weighted by Crippen LogP contribution is -2.32. The van der Waals surface area contributed by atoms with E-state index in [2.05, 4.69) is 30.2 Å². The number of carbonyl (C=O) groups is 1. The molecule has 2 aromatic rings. The number of carbonyl (C=O) groups excluding carboxylic acids is 1. The van der Waals surface area contributed by atoms with Crippen molar-refractivity contribution < 1.29 is 18.3 Å². The molecular weight excluding hydrogens is 368 g/mol. The number of piperidine rings is 1. The molecule has 9 heteroatoms. The number of anilines is 2. The molecule has 28 heavy (non-hydrogen) atoms. The summed E-state index contributed by atoms with van der Waals surface area (Å²) in [7, 11) is 0. The molecular formula is C19H23F2N5O2. The highest BCUT2D eigenvalue weighted by Crippen LogP contribution is 2.19. The smallest absolute Gasteiger partial charge is 0.387 e. The number of hydrogen-bond donors (Lipinski definition) is 2. The van der Waals surface area contributed by atoms with Crippen LogP contribution in [-0.4, -0.2) is 35.7 Å². The molecule has 0 radical (unpaired) electrons. The Balaban J connectivity index is 1.58. The third kappa shape index (κ3) is 5.77. The number of aryl methyl sites for hydroxylation is 1. The van der Waals surface area contributed by atoms with Gasteiger partial charge >= 0.3 is 12.6 Å². The second-order valence-electron chi connectivity index (χ2n) is 6.56. The summed E-state index contributed by atoms with van der Waals surface area (Å²) in [6, 6.07) is 7.18. The van der Waals surface area contributed by atoms with E-state index in [4.69, 9.17) is 0 Å². The normalized spacial score (nSPS) is 14.1. The molecule has 7 nitrogen and oxygen atoms in total. The zero-order chi connectivity index (χ0) is 19.9. The van der Waals surface area contributed by atoms with Crippen molar-refractivity contribution in [2.75, 3.05) is 23.3 Å². The maximum Gasteiger partial charge on any atom is 0.387 e. The van der Waals surface area contributed by atoms with Gasteiger partial charge in [0.05, 0.1) is 12.2 Å². The Kier molecular flexibility index (Phi) is 6.57. The predicted octanol–water partition coefficient (Wildman–Crippen LogP) is 3.70. The van der Waals surface area contributed by atoms with Gasteiger partial charge in [-0.25, -0.2) is 14.8 Å². The van der Waals surface area contributed by atoms with Crippen molar-refractivity contribution in [3.05, 3.63) is 41.7 Å². The van der Waals surface area contributed by atoms with Crippen molar-refractivity contribution in [1.29, 1.82) is 0 Å². The summed E-state index contributed by atoms with van der Waals surface area (Å²) < 4.78 is 28.9. The van der Waals surface area contributed by atoms with Crippen LogP contribution in [-0.2, 0) is 6.54 Å². The summed E-state index contributed by atoms with van der Waals surface area (Å²) in [5, 5.41) is 5.31. The first kappa shape index (κ1) is 19.8. The minimum Gasteiger partial charge on any atom is -0.435 e. The topological polar surface area (TPSA) is 79.4 Å². The number of rotatable bonds is 6. The molecule has 1 saturated heterocycles. The van der Waals surface area contributed by atoms with Crippen LogP contribution in [0.5, 0.6) is 5.75 Å². The van der Waals surface area contributed by atoms with Crippen LogP contribution < -0.4 is 20.3 Å². The van der Waals surface area contributed by atoms with Crippen LogP contribution in [0, 0.1) is 6.92 Å². The summed E-state index contributed by atoms with van der Waals surface area (Å²) in [5.74, 6) is 0.666. The summed E-state index contributed by atoms with van der Waals surface area (Å²) in [4.78, 5) is 23.3. The SMILES string of the molecule is Cc1cc(CNC(=O)Nc2cccc(OC(F)F)c2)nc(N2CCCCC2)n1. The third-order valence-corrected chi connectivity index (χ3v) is 4.28. The molecule has 1 aliphatic heterocycles. The van der Waals surface area contributed by atoms with E-state index < -0.39 is 12.6 Å². The van der Waals surface area contributed by atoms with Gasteiger partial charge in [-0.3, -0.25) is 0 Å². The van der Waals surface area contributed by atoms with Gasteiger partial charge in [0.1, 0.15) is 5.75 Å². The number of amides is 2. The van der Waals surface area contributed by atoms with E-state index in [1.54, 1.807) is 6.07 Å². The van der Waals surface area contributed by atoms with Gasteiger partial charge in [-0.1, -0.05) is 6.07 Å². The average molecular weight is 391 g/mol. The lowest BCUT2D eigenvalue weighted by Gasteiger charge is -2.27. The molecule has 1 aromatic carbocycles. The maximum atomic E-state index is 12.3. The molecule has 1 aromatic heterocycles. The van der Waals surface area contributed by atoms with Gasteiger partial charge in [-0.2, -0.15) is 8.78 Å². The van der Waals surface area contributed by atoms with Crippen LogP contribution >= 0.6 is 0 Å². The van der Waals surface area contributed by atoms with Gasteiger partial charge in [0.2, 0.25) is 5.95 Å². The van der Waals surface area contributed by atoms with E-state index in [1.165, 1.54) is 24.6 Å². The molecule has 2 amide bonds. The summed E-state index contributed by atoms with van der Waals surface area (Å²) in [5.41, 5.74) is 1.89. The minimum absolute atomic E-state index is 0.0228. The number of benzene rings is 1. The van der Waals surface area contributed by atoms with E-state index in [0.717, 1.165) is 31.6 Å². The number of ether oxygens (including phenoxy) is 1. The largest absolute Gasteiger partial charge is 0.435 e. The van der Waals surface area contributed by atoms with Crippen molar-refractivity contribution in [2.24, 2.45) is 0 Å². The predicted molar refractivity (Wildman–Crippen MR) is 102 cm³/mol. The Labute approximate surface area is 162 Å². The van der Waals surface area contributed by atoms with Gasteiger partial charge in [0.25, 0.3) is 0 Å². The van der Waals surface area contributed by atoms with Crippen LogP contribution in [0.3, 0.4) is 0 Å². The Bertz CT molecular complexity index is 813. The molecule has 0 spiro atoms. The summed E-state index contributed by atoms with van der Waals surface area (Å²) >= 11 is 0. The number of alkyl halides is 2. The molecule has 1 aliphatic rings. The number of nitrogens with one attached hydrogen (secondary N) is 2. The lowest BCUT2D eigenvalue weighted by molar-refractivity contribution is -0.0497. The summed E-state index contributed by atoms with van der Waals surface area (Å²) in [6.07, 6.45) is 3.48. The fraction of sp³-hybridized carbons (Fsp3) is 0.421. The highest BCUT2D eigenvalue weighted by molar-refractivity contribution is 5.89. The molecule has 2 heterocycles. The molecule has 150 valence electrons. The Morgan fingerprint density at radius 2 is 2.00 bits per heavy atom. The Morgan fingerprint density at radius 1 is 1.21 bits per heavy atom. The van der Waals surface area contributed by atoms with Crippen molar-refractivity contribution in [1.82, 2.24) is 15.3 Å². The van der Waals surface area contributed by atoms with Crippen LogP contribution in [0.4, 0.5) is 25.2 Å². The van der Waals surface area contributed by atoms with Crippen molar-refractivity contribution in [2.45, 2.75) is 39.3 Å². The average Bonchev–Trinajstić information content (AvgIpc) is 2.66. The van der Waals surface area contributed by atoms with Gasteiger partial charge in [0.15, 0.2) is 0 Å². The second kappa shape index (κ2) is 9.29. The molecule has 2 N–H and O–H groups in total. The van der Waals surface area contributed by atoms with E-state index in [0.29, 0.717) is 17.3 Å². The first-order valence-corrected chi connectivity index (χ1v) is 9.19. The first-order valence-electron chi connectivity index (χ1n) is 9.19. The second-order valence-corrected chi connectivity index (χ2v) is 6.56. The highest BCUT2D eigenvalue weighted by Gasteiger charge is 2.15. The minimum atomic E-state index is -2.92. The van der Waals surface area contributed by atoms with Gasteiger partial charge in [-0.05, 0) is 44.4 Å². The van der Waals surface area contributed by atoms with Crippen molar-refractivity contribution in [3.8, 4) is 5.75 Å². The fourth-order valence-corrected chi connectivity index (χ4v) is 3.04. The van der Waals surface area contributed by atoms with Crippen LogP contribution in [0.2, 0.25) is 0 Å². The molecule has 3 rings (SSSR count). The van der Waals surface area contributed by atoms with E-state index >= 15 is 0 Å². The fourth-order valence-electron chi connectivity index (χ4n) is 3.04. The number of hydrogen-bond acceptors (Lipinski definition) is 5. The monoisotopic (exact) mass is 391 g/mol. The number of halogens is 2. The van der Waals surface area contributed by atoms with Crippen molar-refractivity contribution in [3.63, 3.8) is 0 Å². The third-order valence-electron chi connectivity index (χ3n) is 4.28. The zero-order valence-corrected chi connectivity index (χ0v) is 15.6. The number of aromatic nitrogens is 2. The molecule has 0 saturated carbocycles. The first-order chi connectivity index (χ1) is 13.5. The standard InChI is InChI=1S/C19H23F2N5O2/c1-13-10-15(24-18(23-13)26-8-3-2-4-9-26)12-22-19(27)25-14-6-5-7-16(11-14)28-17(20)21/h5-7,10-11,17H,2-4,8-9,12H2,1H3,(H2,22,25,27). The maximum absolute atomic E-state index is 12.3. The van der Waals surface area contributed by atoms with Crippen LogP contribution in [0.15, 0.2) is 30.3 Å². The Hall–Kier alpha value is -2.97. The molecule has 0 atom stereocenters. The number of nitrogens with zero attached hydrogens (tertiary/aromatic N) is 3. The van der Waals surface area contributed by atoms with Crippen LogP contribution in [0.1, 0.15) is 30.7 Å². The zero-order valence-electron chi connectivity index (χ0n) is 15.6. The molecule has 0 bridgehead atoms. The molecule has 1 fully saturated rings.